The Morgan fingerprint density at radius 1 is 1.10 bits per heavy atom. The lowest BCUT2D eigenvalue weighted by Crippen LogP contribution is -2.10. The molecule has 0 aliphatic rings. The molecule has 6 heteroatoms. The van der Waals surface area contributed by atoms with E-state index in [1.807, 2.05) is 6.07 Å². The fraction of sp³-hybridized carbons (Fsp3) is 0.133. The first-order chi connectivity index (χ1) is 9.90. The predicted octanol–water partition coefficient (Wildman–Crippen LogP) is 3.29. The van der Waals surface area contributed by atoms with Crippen molar-refractivity contribution in [3.63, 3.8) is 0 Å². The SMILES string of the molecule is CN(C)/C=N/S(=O)(=O)c1ccccc1-c1cccc(Cl)c1. The Morgan fingerprint density at radius 2 is 1.81 bits per heavy atom. The standard InChI is InChI=1S/C15H15ClN2O2S/c1-18(2)11-17-21(19,20)15-9-4-3-8-14(15)12-6-5-7-13(16)10-12/h3-11H,1-2H3/b17-11+. The third-order valence-corrected chi connectivity index (χ3v) is 4.24. The van der Waals surface area contributed by atoms with Crippen LogP contribution in [0.5, 0.6) is 0 Å². The van der Waals surface area contributed by atoms with Gasteiger partial charge in [-0.1, -0.05) is 41.9 Å². The smallest absolute Gasteiger partial charge is 0.284 e. The van der Waals surface area contributed by atoms with Gasteiger partial charge in [0.05, 0.1) is 4.90 Å². The molecule has 2 rings (SSSR count). The second-order valence-electron chi connectivity index (χ2n) is 4.67. The van der Waals surface area contributed by atoms with E-state index in [1.165, 1.54) is 6.34 Å². The van der Waals surface area contributed by atoms with E-state index in [-0.39, 0.29) is 4.90 Å². The van der Waals surface area contributed by atoms with Crippen molar-refractivity contribution in [2.24, 2.45) is 4.40 Å². The molecule has 0 saturated carbocycles. The van der Waals surface area contributed by atoms with Gasteiger partial charge in [-0.25, -0.2) is 0 Å². The molecule has 0 radical (unpaired) electrons. The van der Waals surface area contributed by atoms with Gasteiger partial charge < -0.3 is 4.90 Å². The van der Waals surface area contributed by atoms with Gasteiger partial charge in [0.1, 0.15) is 6.34 Å². The molecule has 21 heavy (non-hydrogen) atoms. The Hall–Kier alpha value is -1.85. The third kappa shape index (κ3) is 3.83. The van der Waals surface area contributed by atoms with Crippen molar-refractivity contribution < 1.29 is 8.42 Å². The second kappa shape index (κ2) is 6.28. The summed E-state index contributed by atoms with van der Waals surface area (Å²) >= 11 is 5.98. The van der Waals surface area contributed by atoms with E-state index in [0.29, 0.717) is 10.6 Å². The normalized spacial score (nSPS) is 11.8. The topological polar surface area (TPSA) is 49.7 Å². The number of hydrogen-bond acceptors (Lipinski definition) is 2. The van der Waals surface area contributed by atoms with Crippen molar-refractivity contribution >= 4 is 28.0 Å². The van der Waals surface area contributed by atoms with Crippen LogP contribution in [0.2, 0.25) is 5.02 Å². The summed E-state index contributed by atoms with van der Waals surface area (Å²) in [4.78, 5) is 1.73. The molecule has 0 atom stereocenters. The number of halogens is 1. The molecule has 0 aromatic heterocycles. The van der Waals surface area contributed by atoms with Crippen LogP contribution in [0.4, 0.5) is 0 Å². The van der Waals surface area contributed by atoms with E-state index in [4.69, 9.17) is 11.6 Å². The lowest BCUT2D eigenvalue weighted by molar-refractivity contribution is 0.595. The lowest BCUT2D eigenvalue weighted by atomic mass is 10.1. The number of hydrogen-bond donors (Lipinski definition) is 0. The molecule has 2 aromatic carbocycles. The Labute approximate surface area is 129 Å². The molecule has 4 nitrogen and oxygen atoms in total. The molecular weight excluding hydrogens is 308 g/mol. The van der Waals surface area contributed by atoms with E-state index >= 15 is 0 Å². The number of nitrogens with zero attached hydrogens (tertiary/aromatic N) is 2. The van der Waals surface area contributed by atoms with E-state index in [9.17, 15) is 8.42 Å². The Kier molecular flexibility index (Phi) is 4.65. The highest BCUT2D eigenvalue weighted by Gasteiger charge is 2.17. The van der Waals surface area contributed by atoms with Crippen LogP contribution in [0.15, 0.2) is 57.8 Å². The highest BCUT2D eigenvalue weighted by molar-refractivity contribution is 7.90. The number of sulfonamides is 1. The van der Waals surface area contributed by atoms with Gasteiger partial charge in [-0.2, -0.15) is 8.42 Å². The Balaban J connectivity index is 2.57. The highest BCUT2D eigenvalue weighted by atomic mass is 35.5. The van der Waals surface area contributed by atoms with Crippen LogP contribution in [0.3, 0.4) is 0 Å². The average molecular weight is 323 g/mol. The molecule has 0 amide bonds. The second-order valence-corrected chi connectivity index (χ2v) is 6.70. The van der Waals surface area contributed by atoms with Gasteiger partial charge in [0, 0.05) is 24.7 Å². The molecule has 0 fully saturated rings. The molecule has 0 heterocycles. The molecule has 2 aromatic rings. The third-order valence-electron chi connectivity index (χ3n) is 2.72. The van der Waals surface area contributed by atoms with Crippen molar-refractivity contribution in [3.05, 3.63) is 53.6 Å². The first kappa shape index (κ1) is 15.5. The van der Waals surface area contributed by atoms with Crippen LogP contribution in [0, 0.1) is 0 Å². The number of rotatable bonds is 4. The zero-order chi connectivity index (χ0) is 15.5. The zero-order valence-corrected chi connectivity index (χ0v) is 13.3. The molecule has 0 aliphatic carbocycles. The van der Waals surface area contributed by atoms with Gasteiger partial charge in [-0.05, 0) is 23.8 Å². The molecule has 0 N–H and O–H groups in total. The minimum Gasteiger partial charge on any atom is -0.368 e. The molecule has 0 spiro atoms. The molecule has 0 saturated heterocycles. The van der Waals surface area contributed by atoms with Crippen LogP contribution in [-0.4, -0.2) is 33.8 Å². The summed E-state index contributed by atoms with van der Waals surface area (Å²) in [6, 6.07) is 13.8. The summed E-state index contributed by atoms with van der Waals surface area (Å²) < 4.78 is 28.4. The van der Waals surface area contributed by atoms with Gasteiger partial charge in [0.15, 0.2) is 0 Å². The van der Waals surface area contributed by atoms with Crippen molar-refractivity contribution in [1.29, 1.82) is 0 Å². The van der Waals surface area contributed by atoms with E-state index in [1.54, 1.807) is 61.5 Å². The highest BCUT2D eigenvalue weighted by Crippen LogP contribution is 2.29. The summed E-state index contributed by atoms with van der Waals surface area (Å²) in [7, 11) is -0.342. The van der Waals surface area contributed by atoms with Gasteiger partial charge in [-0.3, -0.25) is 0 Å². The molecule has 0 aliphatic heterocycles. The van der Waals surface area contributed by atoms with Crippen LogP contribution < -0.4 is 0 Å². The van der Waals surface area contributed by atoms with Crippen molar-refractivity contribution in [2.75, 3.05) is 14.1 Å². The maximum atomic E-state index is 12.4. The van der Waals surface area contributed by atoms with Crippen molar-refractivity contribution in [1.82, 2.24) is 4.90 Å². The van der Waals surface area contributed by atoms with Gasteiger partial charge in [-0.15, -0.1) is 4.40 Å². The largest absolute Gasteiger partial charge is 0.368 e. The minimum atomic E-state index is -3.76. The zero-order valence-electron chi connectivity index (χ0n) is 11.7. The van der Waals surface area contributed by atoms with E-state index in [2.05, 4.69) is 4.40 Å². The van der Waals surface area contributed by atoms with Crippen LogP contribution in [-0.2, 0) is 10.0 Å². The van der Waals surface area contributed by atoms with Crippen LogP contribution in [0.1, 0.15) is 0 Å². The maximum Gasteiger partial charge on any atom is 0.284 e. The van der Waals surface area contributed by atoms with Crippen LogP contribution >= 0.6 is 11.6 Å². The van der Waals surface area contributed by atoms with Crippen LogP contribution in [0.25, 0.3) is 11.1 Å². The molecule has 0 unspecified atom stereocenters. The summed E-state index contributed by atoms with van der Waals surface area (Å²) in [6.07, 6.45) is 1.27. The fourth-order valence-electron chi connectivity index (χ4n) is 1.80. The summed E-state index contributed by atoms with van der Waals surface area (Å²) in [5.41, 5.74) is 1.32. The Morgan fingerprint density at radius 3 is 2.48 bits per heavy atom. The van der Waals surface area contributed by atoms with Crippen molar-refractivity contribution in [3.8, 4) is 11.1 Å². The minimum absolute atomic E-state index is 0.158. The van der Waals surface area contributed by atoms with Gasteiger partial charge >= 0.3 is 0 Å². The van der Waals surface area contributed by atoms with Gasteiger partial charge in [0.25, 0.3) is 10.0 Å². The van der Waals surface area contributed by atoms with Gasteiger partial charge in [0.2, 0.25) is 0 Å². The van der Waals surface area contributed by atoms with E-state index < -0.39 is 10.0 Å². The number of benzene rings is 2. The summed E-state index contributed by atoms with van der Waals surface area (Å²) in [5, 5.41) is 0.552. The predicted molar refractivity (Wildman–Crippen MR) is 86.3 cm³/mol. The molecular formula is C15H15ClN2O2S. The summed E-state index contributed by atoms with van der Waals surface area (Å²) in [6.45, 7) is 0. The fourth-order valence-corrected chi connectivity index (χ4v) is 3.13. The molecule has 110 valence electrons. The Bertz CT molecular complexity index is 771. The van der Waals surface area contributed by atoms with E-state index in [0.717, 1.165) is 5.56 Å². The lowest BCUT2D eigenvalue weighted by Gasteiger charge is -2.09. The average Bonchev–Trinajstić information content (AvgIpc) is 2.45. The monoisotopic (exact) mass is 322 g/mol. The molecule has 0 bridgehead atoms. The van der Waals surface area contributed by atoms with Crippen molar-refractivity contribution in [2.45, 2.75) is 4.90 Å². The first-order valence-electron chi connectivity index (χ1n) is 6.22. The first-order valence-corrected chi connectivity index (χ1v) is 8.04. The summed E-state index contributed by atoms with van der Waals surface area (Å²) in [5.74, 6) is 0. The maximum absolute atomic E-state index is 12.4. The quantitative estimate of drug-likeness (QED) is 0.641.